The van der Waals surface area contributed by atoms with Gasteiger partial charge >= 0.3 is 0 Å². The summed E-state index contributed by atoms with van der Waals surface area (Å²) < 4.78 is 28.4. The fourth-order valence-corrected chi connectivity index (χ4v) is 5.20. The second-order valence-electron chi connectivity index (χ2n) is 7.22. The number of thioether (sulfide) groups is 1. The monoisotopic (exact) mass is 462 g/mol. The third kappa shape index (κ3) is 5.12. The van der Waals surface area contributed by atoms with Crippen molar-refractivity contribution in [2.75, 3.05) is 10.0 Å². The maximum atomic E-state index is 12.9. The molecule has 0 spiro atoms. The van der Waals surface area contributed by atoms with Crippen LogP contribution in [0, 0.1) is 0 Å². The van der Waals surface area contributed by atoms with Crippen molar-refractivity contribution in [3.63, 3.8) is 0 Å². The molecule has 0 saturated carbocycles. The van der Waals surface area contributed by atoms with Crippen LogP contribution in [-0.4, -0.2) is 19.6 Å². The van der Waals surface area contributed by atoms with E-state index in [4.69, 9.17) is 0 Å². The summed E-state index contributed by atoms with van der Waals surface area (Å²) in [6.07, 6.45) is 0. The zero-order valence-electron chi connectivity index (χ0n) is 17.4. The minimum absolute atomic E-state index is 0.121. The Morgan fingerprint density at radius 1 is 0.812 bits per heavy atom. The van der Waals surface area contributed by atoms with Gasteiger partial charge in [-0.2, -0.15) is 0 Å². The Hall–Kier alpha value is -3.29. The van der Waals surface area contributed by atoms with E-state index in [1.54, 1.807) is 18.2 Å². The number of hydrogen-bond donors (Lipinski definition) is 2. The molecule has 0 radical (unpaired) electrons. The van der Waals surface area contributed by atoms with E-state index in [0.29, 0.717) is 11.4 Å². The summed E-state index contributed by atoms with van der Waals surface area (Å²) in [6, 6.07) is 28.9. The first kappa shape index (κ1) is 21.9. The van der Waals surface area contributed by atoms with E-state index in [1.807, 2.05) is 73.7 Å². The molecule has 4 aromatic carbocycles. The number of anilines is 2. The summed E-state index contributed by atoms with van der Waals surface area (Å²) in [7, 11) is -3.77. The van der Waals surface area contributed by atoms with Crippen LogP contribution in [0.1, 0.15) is 6.92 Å². The summed E-state index contributed by atoms with van der Waals surface area (Å²) in [6.45, 7) is 1.83. The first-order valence-electron chi connectivity index (χ1n) is 10.1. The molecular formula is C25H22N2O3S2. The lowest BCUT2D eigenvalue weighted by Crippen LogP contribution is -2.22. The highest BCUT2D eigenvalue weighted by atomic mass is 32.2. The fraction of sp³-hybridized carbons (Fsp3) is 0.0800. The van der Waals surface area contributed by atoms with Gasteiger partial charge in [-0.3, -0.25) is 9.52 Å². The van der Waals surface area contributed by atoms with Crippen molar-refractivity contribution in [1.82, 2.24) is 0 Å². The van der Waals surface area contributed by atoms with Gasteiger partial charge in [0.05, 0.1) is 15.8 Å². The fourth-order valence-electron chi connectivity index (χ4n) is 3.24. The van der Waals surface area contributed by atoms with Gasteiger partial charge in [-0.15, -0.1) is 11.8 Å². The van der Waals surface area contributed by atoms with Crippen LogP contribution >= 0.6 is 11.8 Å². The van der Waals surface area contributed by atoms with Crippen LogP contribution in [0.5, 0.6) is 0 Å². The highest BCUT2D eigenvalue weighted by Gasteiger charge is 2.17. The number of carbonyl (C=O) groups is 1. The molecule has 32 heavy (non-hydrogen) atoms. The summed E-state index contributed by atoms with van der Waals surface area (Å²) in [5.41, 5.74) is 1.06. The van der Waals surface area contributed by atoms with Gasteiger partial charge in [0.25, 0.3) is 10.0 Å². The van der Waals surface area contributed by atoms with E-state index in [-0.39, 0.29) is 16.1 Å². The largest absolute Gasteiger partial charge is 0.325 e. The molecule has 4 rings (SSSR count). The van der Waals surface area contributed by atoms with E-state index < -0.39 is 10.0 Å². The zero-order valence-corrected chi connectivity index (χ0v) is 19.0. The van der Waals surface area contributed by atoms with E-state index in [2.05, 4.69) is 10.0 Å². The van der Waals surface area contributed by atoms with Crippen molar-refractivity contribution in [1.29, 1.82) is 0 Å². The Morgan fingerprint density at radius 2 is 1.47 bits per heavy atom. The molecule has 0 unspecified atom stereocenters. The minimum Gasteiger partial charge on any atom is -0.325 e. The predicted octanol–water partition coefficient (Wildman–Crippen LogP) is 5.76. The molecular weight excluding hydrogens is 440 g/mol. The predicted molar refractivity (Wildman–Crippen MR) is 132 cm³/mol. The lowest BCUT2D eigenvalue weighted by Gasteiger charge is -2.13. The van der Waals surface area contributed by atoms with Crippen LogP contribution in [-0.2, 0) is 14.8 Å². The third-order valence-electron chi connectivity index (χ3n) is 4.89. The molecule has 0 aliphatic rings. The van der Waals surface area contributed by atoms with Crippen molar-refractivity contribution < 1.29 is 13.2 Å². The molecule has 0 fully saturated rings. The number of nitrogens with one attached hydrogen (secondary N) is 2. The summed E-state index contributed by atoms with van der Waals surface area (Å²) >= 11 is 1.46. The highest BCUT2D eigenvalue weighted by Crippen LogP contribution is 2.27. The number of benzene rings is 4. The lowest BCUT2D eigenvalue weighted by molar-refractivity contribution is -0.115. The van der Waals surface area contributed by atoms with Gasteiger partial charge in [-0.1, -0.05) is 54.6 Å². The van der Waals surface area contributed by atoms with Crippen LogP contribution in [0.25, 0.3) is 10.8 Å². The third-order valence-corrected chi connectivity index (χ3v) is 7.38. The van der Waals surface area contributed by atoms with Crippen LogP contribution in [0.3, 0.4) is 0 Å². The number of hydrogen-bond acceptors (Lipinski definition) is 4. The molecule has 4 aromatic rings. The number of fused-ring (bicyclic) bond motifs is 1. The van der Waals surface area contributed by atoms with E-state index in [0.717, 1.165) is 15.7 Å². The smallest absolute Gasteiger partial charge is 0.261 e. The summed E-state index contributed by atoms with van der Waals surface area (Å²) in [4.78, 5) is 13.6. The molecule has 0 saturated heterocycles. The van der Waals surface area contributed by atoms with Crippen LogP contribution < -0.4 is 10.0 Å². The minimum atomic E-state index is -3.77. The molecule has 1 amide bonds. The Kier molecular flexibility index (Phi) is 6.48. The number of carbonyl (C=O) groups excluding carboxylic acids is 1. The quantitative estimate of drug-likeness (QED) is 0.343. The average Bonchev–Trinajstić information content (AvgIpc) is 2.80. The van der Waals surface area contributed by atoms with E-state index in [1.165, 1.54) is 23.9 Å². The van der Waals surface area contributed by atoms with Crippen LogP contribution in [0.2, 0.25) is 0 Å². The van der Waals surface area contributed by atoms with Gasteiger partial charge in [0.15, 0.2) is 0 Å². The Morgan fingerprint density at radius 3 is 2.22 bits per heavy atom. The van der Waals surface area contributed by atoms with Crippen molar-refractivity contribution in [3.05, 3.63) is 97.1 Å². The maximum absolute atomic E-state index is 12.9. The van der Waals surface area contributed by atoms with Gasteiger partial charge in [0.1, 0.15) is 0 Å². The number of rotatable bonds is 7. The molecule has 0 aliphatic carbocycles. The lowest BCUT2D eigenvalue weighted by atomic mass is 10.1. The SMILES string of the molecule is C[C@H](Sc1ccccc1)C(=O)Nc1ccc(S(=O)(=O)Nc2cccc3ccccc23)cc1. The maximum Gasteiger partial charge on any atom is 0.261 e. The normalized spacial score (nSPS) is 12.3. The van der Waals surface area contributed by atoms with Crippen LogP contribution in [0.4, 0.5) is 11.4 Å². The van der Waals surface area contributed by atoms with Crippen molar-refractivity contribution in [3.8, 4) is 0 Å². The van der Waals surface area contributed by atoms with Gasteiger partial charge in [-0.05, 0) is 54.8 Å². The molecule has 7 heteroatoms. The zero-order chi connectivity index (χ0) is 22.6. The van der Waals surface area contributed by atoms with E-state index >= 15 is 0 Å². The van der Waals surface area contributed by atoms with Gasteiger partial charge in [0.2, 0.25) is 5.91 Å². The van der Waals surface area contributed by atoms with Crippen molar-refractivity contribution in [2.24, 2.45) is 0 Å². The standard InChI is InChI=1S/C25H22N2O3S2/c1-18(31-21-10-3-2-4-11-21)25(28)26-20-14-16-22(17-15-20)32(29,30)27-24-13-7-9-19-8-5-6-12-23(19)24/h2-18,27H,1H3,(H,26,28)/t18-/m0/s1. The summed E-state index contributed by atoms with van der Waals surface area (Å²) in [5, 5.41) is 4.32. The van der Waals surface area contributed by atoms with Gasteiger partial charge in [0, 0.05) is 16.0 Å². The molecule has 0 aromatic heterocycles. The van der Waals surface area contributed by atoms with Gasteiger partial charge < -0.3 is 5.32 Å². The molecule has 1 atom stereocenters. The number of amides is 1. The number of sulfonamides is 1. The Balaban J connectivity index is 1.45. The molecule has 0 heterocycles. The topological polar surface area (TPSA) is 75.3 Å². The van der Waals surface area contributed by atoms with Gasteiger partial charge in [-0.25, -0.2) is 8.42 Å². The Bertz CT molecular complexity index is 1330. The van der Waals surface area contributed by atoms with Crippen molar-refractivity contribution in [2.45, 2.75) is 22.0 Å². The molecule has 162 valence electrons. The molecule has 0 bridgehead atoms. The second kappa shape index (κ2) is 9.46. The van der Waals surface area contributed by atoms with Crippen LogP contribution in [0.15, 0.2) is 107 Å². The highest BCUT2D eigenvalue weighted by molar-refractivity contribution is 8.00. The first-order chi connectivity index (χ1) is 15.4. The average molecular weight is 463 g/mol. The molecule has 0 aliphatic heterocycles. The molecule has 2 N–H and O–H groups in total. The van der Waals surface area contributed by atoms with E-state index in [9.17, 15) is 13.2 Å². The first-order valence-corrected chi connectivity index (χ1v) is 12.4. The second-order valence-corrected chi connectivity index (χ2v) is 10.3. The Labute approximate surface area is 191 Å². The van der Waals surface area contributed by atoms with Crippen molar-refractivity contribution >= 4 is 49.8 Å². The summed E-state index contributed by atoms with van der Waals surface area (Å²) in [5.74, 6) is -0.150. The molecule has 5 nitrogen and oxygen atoms in total.